The van der Waals surface area contributed by atoms with Crippen molar-refractivity contribution in [1.29, 1.82) is 0 Å². The van der Waals surface area contributed by atoms with Gasteiger partial charge in [0.15, 0.2) is 6.10 Å². The zero-order valence-electron chi connectivity index (χ0n) is 18.1. The van der Waals surface area contributed by atoms with Gasteiger partial charge in [-0.1, -0.05) is 13.8 Å². The maximum absolute atomic E-state index is 12.9. The largest absolute Gasteiger partial charge is 0.451 e. The predicted molar refractivity (Wildman–Crippen MR) is 109 cm³/mol. The Morgan fingerprint density at radius 3 is 2.00 bits per heavy atom. The Hall–Kier alpha value is -1.59. The van der Waals surface area contributed by atoms with E-state index in [1.807, 2.05) is 4.90 Å². The summed E-state index contributed by atoms with van der Waals surface area (Å²) in [5.74, 6) is 2.34. The van der Waals surface area contributed by atoms with Gasteiger partial charge >= 0.3 is 5.97 Å². The number of nitrogens with zero attached hydrogens (tertiary/aromatic N) is 1. The van der Waals surface area contributed by atoms with Gasteiger partial charge in [-0.05, 0) is 81.5 Å². The highest BCUT2D eigenvalue weighted by Crippen LogP contribution is 2.60. The second kappa shape index (κ2) is 7.92. The number of carbonyl (C=O) groups is 3. The van der Waals surface area contributed by atoms with Gasteiger partial charge in [0.05, 0.1) is 0 Å². The highest BCUT2D eigenvalue weighted by molar-refractivity contribution is 5.88. The van der Waals surface area contributed by atoms with Gasteiger partial charge in [0.25, 0.3) is 5.91 Å². The summed E-state index contributed by atoms with van der Waals surface area (Å²) >= 11 is 0. The molecule has 0 aromatic carbocycles. The normalized spacial score (nSPS) is 39.1. The third kappa shape index (κ3) is 4.31. The summed E-state index contributed by atoms with van der Waals surface area (Å²) < 4.78 is 5.36. The van der Waals surface area contributed by atoms with E-state index < -0.39 is 12.1 Å². The second-order valence-corrected chi connectivity index (χ2v) is 10.7. The molecule has 0 aromatic heterocycles. The number of piperidine rings is 1. The minimum atomic E-state index is -0.809. The molecular formula is C23H36N2O4. The van der Waals surface area contributed by atoms with Crippen LogP contribution in [0.25, 0.3) is 0 Å². The maximum Gasteiger partial charge on any atom is 0.326 e. The fourth-order valence-electron chi connectivity index (χ4n) is 7.12. The summed E-state index contributed by atoms with van der Waals surface area (Å²) in [7, 11) is 0. The molecule has 162 valence electrons. The van der Waals surface area contributed by atoms with Crippen LogP contribution in [0.1, 0.15) is 65.7 Å². The molecular weight excluding hydrogens is 368 g/mol. The number of amides is 2. The monoisotopic (exact) mass is 404 g/mol. The summed E-state index contributed by atoms with van der Waals surface area (Å²) in [4.78, 5) is 39.7. The van der Waals surface area contributed by atoms with Crippen LogP contribution in [0.2, 0.25) is 0 Å². The SMILES string of the molecule is C[C@@H]1C[C@@H](C)CN(C(=O)[C@H](C)OC(=O)CNC(=O)C23CC4CC(CC(C4)C2)C3)C1. The van der Waals surface area contributed by atoms with Crippen LogP contribution in [0.4, 0.5) is 0 Å². The van der Waals surface area contributed by atoms with Crippen molar-refractivity contribution in [2.24, 2.45) is 35.0 Å². The molecule has 5 aliphatic rings. The van der Waals surface area contributed by atoms with Gasteiger partial charge in [-0.15, -0.1) is 0 Å². The fourth-order valence-corrected chi connectivity index (χ4v) is 7.12. The molecule has 6 nitrogen and oxygen atoms in total. The Kier molecular flexibility index (Phi) is 5.64. The Bertz CT molecular complexity index is 631. The molecule has 4 saturated carbocycles. The molecule has 0 unspecified atom stereocenters. The first kappa shape index (κ1) is 20.7. The van der Waals surface area contributed by atoms with E-state index in [-0.39, 0.29) is 23.8 Å². The van der Waals surface area contributed by atoms with Crippen molar-refractivity contribution < 1.29 is 19.1 Å². The third-order valence-corrected chi connectivity index (χ3v) is 7.75. The first-order chi connectivity index (χ1) is 13.7. The van der Waals surface area contributed by atoms with Gasteiger partial charge in [-0.25, -0.2) is 0 Å². The molecule has 3 atom stereocenters. The molecule has 29 heavy (non-hydrogen) atoms. The summed E-state index contributed by atoms with van der Waals surface area (Å²) in [6.45, 7) is 7.21. The first-order valence-corrected chi connectivity index (χ1v) is 11.5. The lowest BCUT2D eigenvalue weighted by Crippen LogP contribution is -2.54. The van der Waals surface area contributed by atoms with E-state index in [1.165, 1.54) is 19.3 Å². The number of likely N-dealkylation sites (tertiary alicyclic amines) is 1. The van der Waals surface area contributed by atoms with Crippen molar-refractivity contribution in [3.8, 4) is 0 Å². The lowest BCUT2D eigenvalue weighted by atomic mass is 9.49. The van der Waals surface area contributed by atoms with Crippen LogP contribution in [0.5, 0.6) is 0 Å². The Morgan fingerprint density at radius 1 is 0.966 bits per heavy atom. The number of carbonyl (C=O) groups excluding carboxylic acids is 3. The summed E-state index contributed by atoms with van der Waals surface area (Å²) in [5, 5.41) is 2.84. The number of ether oxygens (including phenoxy) is 1. The molecule has 6 heteroatoms. The van der Waals surface area contributed by atoms with Gasteiger partial charge in [0, 0.05) is 18.5 Å². The van der Waals surface area contributed by atoms with Crippen LogP contribution in [0.15, 0.2) is 0 Å². The average Bonchev–Trinajstić information content (AvgIpc) is 2.63. The van der Waals surface area contributed by atoms with Crippen LogP contribution in [-0.2, 0) is 19.1 Å². The zero-order valence-corrected chi connectivity index (χ0v) is 18.1. The van der Waals surface area contributed by atoms with E-state index in [1.54, 1.807) is 6.92 Å². The van der Waals surface area contributed by atoms with Crippen LogP contribution < -0.4 is 5.32 Å². The summed E-state index contributed by atoms with van der Waals surface area (Å²) in [6, 6.07) is 0. The van der Waals surface area contributed by atoms with Gasteiger partial charge in [-0.3, -0.25) is 14.4 Å². The highest BCUT2D eigenvalue weighted by atomic mass is 16.5. The lowest BCUT2D eigenvalue weighted by molar-refractivity contribution is -0.161. The van der Waals surface area contributed by atoms with Crippen molar-refractivity contribution >= 4 is 17.8 Å². The molecule has 1 N–H and O–H groups in total. The maximum atomic E-state index is 12.9. The van der Waals surface area contributed by atoms with Crippen LogP contribution >= 0.6 is 0 Å². The quantitative estimate of drug-likeness (QED) is 0.715. The second-order valence-electron chi connectivity index (χ2n) is 10.7. The highest BCUT2D eigenvalue weighted by Gasteiger charge is 2.54. The van der Waals surface area contributed by atoms with E-state index in [4.69, 9.17) is 4.74 Å². The van der Waals surface area contributed by atoms with Crippen molar-refractivity contribution in [2.75, 3.05) is 19.6 Å². The van der Waals surface area contributed by atoms with Gasteiger partial charge < -0.3 is 15.0 Å². The standard InChI is InChI=1S/C23H36N2O4/c1-14-4-15(2)13-25(12-14)21(27)16(3)29-20(26)11-24-22(28)23-8-17-5-18(9-23)7-19(6-17)10-23/h14-19H,4-13H2,1-3H3,(H,24,28)/t14-,15-,16+,17?,18?,19?,23?/m1/s1. The Balaban J connectivity index is 1.25. The van der Waals surface area contributed by atoms with E-state index in [9.17, 15) is 14.4 Å². The van der Waals surface area contributed by atoms with Crippen LogP contribution in [-0.4, -0.2) is 48.4 Å². The van der Waals surface area contributed by atoms with Crippen molar-refractivity contribution in [3.05, 3.63) is 0 Å². The zero-order chi connectivity index (χ0) is 20.8. The molecule has 0 aromatic rings. The van der Waals surface area contributed by atoms with Crippen LogP contribution in [0.3, 0.4) is 0 Å². The Labute approximate surface area is 174 Å². The van der Waals surface area contributed by atoms with E-state index in [2.05, 4.69) is 19.2 Å². The number of hydrogen-bond donors (Lipinski definition) is 1. The first-order valence-electron chi connectivity index (χ1n) is 11.5. The topological polar surface area (TPSA) is 75.7 Å². The average molecular weight is 405 g/mol. The summed E-state index contributed by atoms with van der Waals surface area (Å²) in [6.07, 6.45) is 7.07. The number of nitrogens with one attached hydrogen (secondary N) is 1. The molecule has 0 radical (unpaired) electrons. The molecule has 1 heterocycles. The minimum absolute atomic E-state index is 0.0196. The molecule has 1 saturated heterocycles. The molecule has 4 bridgehead atoms. The van der Waals surface area contributed by atoms with Crippen molar-refractivity contribution in [1.82, 2.24) is 10.2 Å². The van der Waals surface area contributed by atoms with Gasteiger partial charge in [-0.2, -0.15) is 0 Å². The Morgan fingerprint density at radius 2 is 1.48 bits per heavy atom. The number of hydrogen-bond acceptors (Lipinski definition) is 4. The lowest BCUT2D eigenvalue weighted by Gasteiger charge is -2.55. The van der Waals surface area contributed by atoms with Crippen LogP contribution in [0, 0.1) is 35.0 Å². The molecule has 1 aliphatic heterocycles. The fraction of sp³-hybridized carbons (Fsp3) is 0.870. The van der Waals surface area contributed by atoms with Gasteiger partial charge in [0.1, 0.15) is 6.54 Å². The van der Waals surface area contributed by atoms with Crippen molar-refractivity contribution in [2.45, 2.75) is 71.8 Å². The predicted octanol–water partition coefficient (Wildman–Crippen LogP) is 2.76. The van der Waals surface area contributed by atoms with Crippen molar-refractivity contribution in [3.63, 3.8) is 0 Å². The van der Waals surface area contributed by atoms with E-state index in [0.717, 1.165) is 25.7 Å². The molecule has 2 amide bonds. The third-order valence-electron chi connectivity index (χ3n) is 7.75. The molecule has 4 aliphatic carbocycles. The van der Waals surface area contributed by atoms with E-state index in [0.29, 0.717) is 42.7 Å². The molecule has 0 spiro atoms. The van der Waals surface area contributed by atoms with Gasteiger partial charge in [0.2, 0.25) is 5.91 Å². The number of esters is 1. The van der Waals surface area contributed by atoms with E-state index >= 15 is 0 Å². The minimum Gasteiger partial charge on any atom is -0.451 e. The molecule has 5 rings (SSSR count). The smallest absolute Gasteiger partial charge is 0.326 e. The summed E-state index contributed by atoms with van der Waals surface area (Å²) in [5.41, 5.74) is -0.267. The molecule has 5 fully saturated rings. The number of rotatable bonds is 5.